The Kier molecular flexibility index (Phi) is 4.38. The van der Waals surface area contributed by atoms with Crippen molar-refractivity contribution in [2.75, 3.05) is 12.3 Å². The number of hydrogen-bond donors (Lipinski definition) is 1. The van der Waals surface area contributed by atoms with Crippen LogP contribution in [-0.4, -0.2) is 34.4 Å². The summed E-state index contributed by atoms with van der Waals surface area (Å²) >= 11 is 3.82. The monoisotopic (exact) mass is 310 g/mol. The van der Waals surface area contributed by atoms with Crippen LogP contribution >= 0.6 is 23.1 Å². The highest BCUT2D eigenvalue weighted by Gasteiger charge is 2.40. The lowest BCUT2D eigenvalue weighted by Gasteiger charge is -2.26. The summed E-state index contributed by atoms with van der Waals surface area (Å²) in [4.78, 5) is 17.2. The van der Waals surface area contributed by atoms with Crippen molar-refractivity contribution < 1.29 is 4.79 Å². The van der Waals surface area contributed by atoms with Gasteiger partial charge in [-0.05, 0) is 44.1 Å². The lowest BCUT2D eigenvalue weighted by Crippen LogP contribution is -2.35. The minimum atomic E-state index is -0.00573. The smallest absolute Gasteiger partial charge is 0.241 e. The number of amides is 1. The number of aryl methyl sites for hydroxylation is 1. The first kappa shape index (κ1) is 14.4. The molecule has 0 aliphatic carbocycles. The van der Waals surface area contributed by atoms with Gasteiger partial charge in [0.1, 0.15) is 6.17 Å². The number of thioether (sulfide) groups is 1. The van der Waals surface area contributed by atoms with Gasteiger partial charge in [-0.2, -0.15) is 11.8 Å². The van der Waals surface area contributed by atoms with Crippen LogP contribution in [0.1, 0.15) is 42.1 Å². The summed E-state index contributed by atoms with van der Waals surface area (Å²) in [6, 6.07) is 4.31. The van der Waals surface area contributed by atoms with Crippen molar-refractivity contribution in [1.82, 2.24) is 10.2 Å². The van der Waals surface area contributed by atoms with Gasteiger partial charge in [-0.3, -0.25) is 10.1 Å². The van der Waals surface area contributed by atoms with Crippen LogP contribution in [0.15, 0.2) is 12.1 Å². The molecule has 1 amide bonds. The molecule has 20 heavy (non-hydrogen) atoms. The molecular weight excluding hydrogens is 288 g/mol. The van der Waals surface area contributed by atoms with Crippen molar-refractivity contribution in [2.45, 2.75) is 50.6 Å². The molecule has 3 nitrogen and oxygen atoms in total. The summed E-state index contributed by atoms with van der Waals surface area (Å²) in [6.45, 7) is 5.11. The van der Waals surface area contributed by atoms with E-state index in [0.29, 0.717) is 5.25 Å². The van der Waals surface area contributed by atoms with Crippen LogP contribution in [0.3, 0.4) is 0 Å². The highest BCUT2D eigenvalue weighted by atomic mass is 32.2. The van der Waals surface area contributed by atoms with Gasteiger partial charge in [0.25, 0.3) is 0 Å². The lowest BCUT2D eigenvalue weighted by molar-refractivity contribution is -0.130. The van der Waals surface area contributed by atoms with Gasteiger partial charge in [0, 0.05) is 21.5 Å². The second kappa shape index (κ2) is 6.08. The SMILES string of the molecule is CCC1NC(c2ccc(C)s2)N(CC2CCCS2)C1=O. The summed E-state index contributed by atoms with van der Waals surface area (Å²) in [5, 5.41) is 4.15. The van der Waals surface area contributed by atoms with Crippen LogP contribution in [0.5, 0.6) is 0 Å². The molecule has 1 N–H and O–H groups in total. The van der Waals surface area contributed by atoms with Crippen LogP contribution in [0, 0.1) is 6.92 Å². The molecule has 3 unspecified atom stereocenters. The molecule has 110 valence electrons. The van der Waals surface area contributed by atoms with E-state index in [2.05, 4.69) is 36.2 Å². The Morgan fingerprint density at radius 2 is 2.30 bits per heavy atom. The predicted molar refractivity (Wildman–Crippen MR) is 86.2 cm³/mol. The number of rotatable bonds is 4. The van der Waals surface area contributed by atoms with Gasteiger partial charge in [-0.15, -0.1) is 11.3 Å². The Hall–Kier alpha value is -0.520. The largest absolute Gasteiger partial charge is 0.320 e. The van der Waals surface area contributed by atoms with Crippen molar-refractivity contribution >= 4 is 29.0 Å². The van der Waals surface area contributed by atoms with Gasteiger partial charge in [-0.1, -0.05) is 6.92 Å². The fourth-order valence-electron chi connectivity index (χ4n) is 3.01. The van der Waals surface area contributed by atoms with Gasteiger partial charge in [0.05, 0.1) is 6.04 Å². The van der Waals surface area contributed by atoms with Gasteiger partial charge < -0.3 is 4.90 Å². The van der Waals surface area contributed by atoms with E-state index in [9.17, 15) is 4.79 Å². The van der Waals surface area contributed by atoms with E-state index in [-0.39, 0.29) is 18.1 Å². The Morgan fingerprint density at radius 1 is 1.45 bits per heavy atom. The Morgan fingerprint density at radius 3 is 2.90 bits per heavy atom. The second-order valence-corrected chi connectivity index (χ2v) is 8.33. The zero-order chi connectivity index (χ0) is 14.1. The van der Waals surface area contributed by atoms with Crippen LogP contribution in [0.25, 0.3) is 0 Å². The molecule has 0 spiro atoms. The third-order valence-electron chi connectivity index (χ3n) is 4.12. The first-order valence-electron chi connectivity index (χ1n) is 7.43. The molecule has 3 heterocycles. The minimum absolute atomic E-state index is 0.00573. The minimum Gasteiger partial charge on any atom is -0.320 e. The first-order valence-corrected chi connectivity index (χ1v) is 9.30. The average Bonchev–Trinajstić information content (AvgIpc) is 3.14. The highest BCUT2D eigenvalue weighted by molar-refractivity contribution is 8.00. The van der Waals surface area contributed by atoms with Crippen molar-refractivity contribution in [3.8, 4) is 0 Å². The molecule has 1 aromatic rings. The summed E-state index contributed by atoms with van der Waals surface area (Å²) in [6.07, 6.45) is 3.51. The van der Waals surface area contributed by atoms with Crippen LogP contribution in [0.2, 0.25) is 0 Å². The van der Waals surface area contributed by atoms with Gasteiger partial charge in [-0.25, -0.2) is 0 Å². The number of thiophene rings is 1. The van der Waals surface area contributed by atoms with E-state index in [1.807, 2.05) is 11.8 Å². The van der Waals surface area contributed by atoms with Crippen molar-refractivity contribution in [3.05, 3.63) is 21.9 Å². The first-order chi connectivity index (χ1) is 9.69. The molecule has 3 atom stereocenters. The second-order valence-electron chi connectivity index (χ2n) is 5.60. The third-order valence-corrected chi connectivity index (χ3v) is 6.55. The molecule has 0 bridgehead atoms. The van der Waals surface area contributed by atoms with Crippen molar-refractivity contribution in [1.29, 1.82) is 0 Å². The average molecular weight is 310 g/mol. The molecule has 0 saturated carbocycles. The van der Waals surface area contributed by atoms with Gasteiger partial charge in [0.15, 0.2) is 0 Å². The maximum absolute atomic E-state index is 12.6. The summed E-state index contributed by atoms with van der Waals surface area (Å²) < 4.78 is 0. The van der Waals surface area contributed by atoms with Crippen molar-refractivity contribution in [2.24, 2.45) is 0 Å². The van der Waals surface area contributed by atoms with E-state index in [0.717, 1.165) is 13.0 Å². The normalized spacial score (nSPS) is 30.4. The van der Waals surface area contributed by atoms with Crippen LogP contribution in [-0.2, 0) is 4.79 Å². The number of hydrogen-bond acceptors (Lipinski definition) is 4. The molecule has 2 aliphatic heterocycles. The fourth-order valence-corrected chi connectivity index (χ4v) is 5.23. The molecule has 2 fully saturated rings. The van der Waals surface area contributed by atoms with E-state index >= 15 is 0 Å². The fraction of sp³-hybridized carbons (Fsp3) is 0.667. The zero-order valence-electron chi connectivity index (χ0n) is 12.1. The Labute approximate surface area is 129 Å². The summed E-state index contributed by atoms with van der Waals surface area (Å²) in [7, 11) is 0. The zero-order valence-corrected chi connectivity index (χ0v) is 13.7. The summed E-state index contributed by atoms with van der Waals surface area (Å²) in [5.74, 6) is 1.54. The molecule has 3 rings (SSSR count). The maximum atomic E-state index is 12.6. The Bertz CT molecular complexity index is 482. The Balaban J connectivity index is 1.79. The van der Waals surface area contributed by atoms with E-state index in [1.54, 1.807) is 11.3 Å². The van der Waals surface area contributed by atoms with E-state index in [4.69, 9.17) is 0 Å². The number of carbonyl (C=O) groups is 1. The molecule has 0 aromatic carbocycles. The van der Waals surface area contributed by atoms with Crippen LogP contribution < -0.4 is 5.32 Å². The topological polar surface area (TPSA) is 32.3 Å². The predicted octanol–water partition coefficient (Wildman–Crippen LogP) is 3.16. The van der Waals surface area contributed by atoms with Crippen molar-refractivity contribution in [3.63, 3.8) is 0 Å². The van der Waals surface area contributed by atoms with Crippen LogP contribution in [0.4, 0.5) is 0 Å². The van der Waals surface area contributed by atoms with Gasteiger partial charge >= 0.3 is 0 Å². The molecule has 2 saturated heterocycles. The van der Waals surface area contributed by atoms with Gasteiger partial charge in [0.2, 0.25) is 5.91 Å². The maximum Gasteiger partial charge on any atom is 0.241 e. The molecular formula is C15H22N2OS2. The standard InChI is InChI=1S/C15H22N2OS2/c1-3-12-15(18)17(9-11-5-4-8-19-11)14(16-12)13-7-6-10(2)20-13/h6-7,11-12,14,16H,3-5,8-9H2,1-2H3. The quantitative estimate of drug-likeness (QED) is 0.927. The third kappa shape index (κ3) is 2.76. The number of nitrogens with one attached hydrogen (secondary N) is 1. The number of nitrogens with zero attached hydrogens (tertiary/aromatic N) is 1. The summed E-state index contributed by atoms with van der Waals surface area (Å²) in [5.41, 5.74) is 0. The molecule has 0 radical (unpaired) electrons. The molecule has 5 heteroatoms. The number of carbonyl (C=O) groups excluding carboxylic acids is 1. The lowest BCUT2D eigenvalue weighted by atomic mass is 10.2. The molecule has 2 aliphatic rings. The molecule has 1 aromatic heterocycles. The highest BCUT2D eigenvalue weighted by Crippen LogP contribution is 2.34. The van der Waals surface area contributed by atoms with E-state index in [1.165, 1.54) is 28.3 Å². The van der Waals surface area contributed by atoms with E-state index < -0.39 is 0 Å².